The molecule has 2 N–H and O–H groups in total. The Morgan fingerprint density at radius 2 is 1.74 bits per heavy atom. The van der Waals surface area contributed by atoms with Gasteiger partial charge in [-0.25, -0.2) is 0 Å². The number of fused-ring (bicyclic) bond motifs is 1. The van der Waals surface area contributed by atoms with Crippen LogP contribution < -0.4 is 5.32 Å². The highest BCUT2D eigenvalue weighted by Crippen LogP contribution is 2.47. The molecule has 3 aromatic carbocycles. The van der Waals surface area contributed by atoms with Crippen LogP contribution in [0.3, 0.4) is 0 Å². The molecule has 3 rings (SSSR count). The van der Waals surface area contributed by atoms with Crippen LogP contribution in [0.5, 0.6) is 5.75 Å². The molecule has 0 fully saturated rings. The quantitative estimate of drug-likeness (QED) is 0.458. The van der Waals surface area contributed by atoms with Crippen LogP contribution in [-0.2, 0) is 4.79 Å². The fraction of sp³-hybridized carbons (Fsp3) is 0. The van der Waals surface area contributed by atoms with E-state index in [1.807, 2.05) is 24.3 Å². The third-order valence-corrected chi connectivity index (χ3v) is 4.80. The number of carbonyl (C=O) groups is 1. The molecule has 0 heterocycles. The van der Waals surface area contributed by atoms with E-state index in [0.717, 1.165) is 10.8 Å². The molecule has 0 saturated heterocycles. The number of phenolic OH excluding ortho intramolecular Hbond substituents is 1. The minimum absolute atomic E-state index is 0.0482. The Morgan fingerprint density at radius 3 is 2.48 bits per heavy atom. The first-order valence-corrected chi connectivity index (χ1v) is 7.76. The highest BCUT2D eigenvalue weighted by atomic mass is 35.5. The van der Waals surface area contributed by atoms with Gasteiger partial charge in [-0.15, -0.1) is 0 Å². The van der Waals surface area contributed by atoms with Gasteiger partial charge in [-0.3, -0.25) is 4.79 Å². The molecule has 3 nitrogen and oxygen atoms in total. The number of aromatic hydroxyl groups is 1. The van der Waals surface area contributed by atoms with Gasteiger partial charge in [-0.2, -0.15) is 0 Å². The van der Waals surface area contributed by atoms with Crippen molar-refractivity contribution in [2.45, 2.75) is 0 Å². The molecule has 0 aliphatic rings. The summed E-state index contributed by atoms with van der Waals surface area (Å²) < 4.78 is 0. The summed E-state index contributed by atoms with van der Waals surface area (Å²) in [5.41, 5.74) is 1.31. The van der Waals surface area contributed by atoms with E-state index in [-0.39, 0.29) is 20.8 Å². The second-order valence-electron chi connectivity index (χ2n) is 4.85. The van der Waals surface area contributed by atoms with Crippen molar-refractivity contribution in [3.05, 3.63) is 57.5 Å². The molecule has 0 radical (unpaired) electrons. The van der Waals surface area contributed by atoms with E-state index >= 15 is 0 Å². The van der Waals surface area contributed by atoms with Crippen molar-refractivity contribution < 1.29 is 9.90 Å². The molecule has 0 bridgehead atoms. The summed E-state index contributed by atoms with van der Waals surface area (Å²) in [7, 11) is 0. The Kier molecular flexibility index (Phi) is 4.35. The number of anilines is 1. The normalized spacial score (nSPS) is 10.7. The number of halogens is 3. The molecule has 23 heavy (non-hydrogen) atoms. The Labute approximate surface area is 147 Å². The lowest BCUT2D eigenvalue weighted by Gasteiger charge is -2.16. The Hall–Kier alpha value is -1.94. The summed E-state index contributed by atoms with van der Waals surface area (Å²) in [6, 6.07) is 12.5. The average Bonchev–Trinajstić information content (AvgIpc) is 2.55. The molecule has 1 amide bonds. The zero-order valence-electron chi connectivity index (χ0n) is 11.6. The lowest BCUT2D eigenvalue weighted by Crippen LogP contribution is -1.99. The van der Waals surface area contributed by atoms with Crippen molar-refractivity contribution in [1.82, 2.24) is 0 Å². The van der Waals surface area contributed by atoms with E-state index in [2.05, 4.69) is 5.32 Å². The highest BCUT2D eigenvalue weighted by molar-refractivity contribution is 6.50. The van der Waals surface area contributed by atoms with Crippen molar-refractivity contribution in [1.29, 1.82) is 0 Å². The van der Waals surface area contributed by atoms with E-state index < -0.39 is 0 Å². The number of hydrogen-bond acceptors (Lipinski definition) is 2. The smallest absolute Gasteiger partial charge is 0.211 e. The van der Waals surface area contributed by atoms with Crippen LogP contribution in [0.15, 0.2) is 42.5 Å². The van der Waals surface area contributed by atoms with Gasteiger partial charge in [0.1, 0.15) is 5.75 Å². The van der Waals surface area contributed by atoms with Gasteiger partial charge < -0.3 is 10.4 Å². The first-order chi connectivity index (χ1) is 11.0. The van der Waals surface area contributed by atoms with Gasteiger partial charge in [0.25, 0.3) is 0 Å². The Bertz CT molecular complexity index is 925. The maximum Gasteiger partial charge on any atom is 0.211 e. The SMILES string of the molecule is O=CNc1c(-c2c(O)ccc3ccccc23)cc(Cl)c(Cl)c1Cl. The zero-order chi connectivity index (χ0) is 16.6. The van der Waals surface area contributed by atoms with Crippen LogP contribution in [0.1, 0.15) is 0 Å². The molecule has 0 atom stereocenters. The van der Waals surface area contributed by atoms with Gasteiger partial charge in [-0.1, -0.05) is 65.1 Å². The topological polar surface area (TPSA) is 49.3 Å². The summed E-state index contributed by atoms with van der Waals surface area (Å²) >= 11 is 18.4. The maximum absolute atomic E-state index is 10.9. The van der Waals surface area contributed by atoms with Crippen LogP contribution in [0, 0.1) is 0 Å². The van der Waals surface area contributed by atoms with Crippen LogP contribution >= 0.6 is 34.8 Å². The largest absolute Gasteiger partial charge is 0.507 e. The van der Waals surface area contributed by atoms with Crippen LogP contribution in [0.25, 0.3) is 21.9 Å². The number of carbonyl (C=O) groups excluding carboxylic acids is 1. The fourth-order valence-corrected chi connectivity index (χ4v) is 3.19. The molecular weight excluding hydrogens is 357 g/mol. The minimum atomic E-state index is 0.0482. The van der Waals surface area contributed by atoms with E-state index in [1.54, 1.807) is 18.2 Å². The summed E-state index contributed by atoms with van der Waals surface area (Å²) in [5.74, 6) is 0.0482. The molecule has 3 aromatic rings. The van der Waals surface area contributed by atoms with Crippen molar-refractivity contribution in [3.8, 4) is 16.9 Å². The van der Waals surface area contributed by atoms with Gasteiger partial charge in [0.2, 0.25) is 6.41 Å². The van der Waals surface area contributed by atoms with Crippen LogP contribution in [0.4, 0.5) is 5.69 Å². The van der Waals surface area contributed by atoms with E-state index in [1.165, 1.54) is 0 Å². The van der Waals surface area contributed by atoms with Crippen LogP contribution in [0.2, 0.25) is 15.1 Å². The number of amides is 1. The number of benzene rings is 3. The number of nitrogens with one attached hydrogen (secondary N) is 1. The van der Waals surface area contributed by atoms with Gasteiger partial charge >= 0.3 is 0 Å². The standard InChI is InChI=1S/C17H10Cl3NO2/c18-12-7-11(17(21-8-22)16(20)15(12)19)14-10-4-2-1-3-9(10)5-6-13(14)23/h1-8,23H,(H,21,22). The van der Waals surface area contributed by atoms with Crippen molar-refractivity contribution in [2.75, 3.05) is 5.32 Å². The van der Waals surface area contributed by atoms with Gasteiger partial charge in [-0.05, 0) is 22.9 Å². The van der Waals surface area contributed by atoms with Gasteiger partial charge in [0.05, 0.1) is 20.8 Å². The summed E-state index contributed by atoms with van der Waals surface area (Å²) in [4.78, 5) is 10.9. The molecule has 0 aliphatic heterocycles. The number of hydrogen-bond donors (Lipinski definition) is 2. The monoisotopic (exact) mass is 365 g/mol. The molecule has 0 aliphatic carbocycles. The van der Waals surface area contributed by atoms with Gasteiger partial charge in [0.15, 0.2) is 0 Å². The zero-order valence-corrected chi connectivity index (χ0v) is 13.9. The number of phenols is 1. The second-order valence-corrected chi connectivity index (χ2v) is 6.02. The molecular formula is C17H10Cl3NO2. The van der Waals surface area contributed by atoms with Crippen molar-refractivity contribution in [2.24, 2.45) is 0 Å². The lowest BCUT2D eigenvalue weighted by atomic mass is 9.96. The molecule has 116 valence electrons. The van der Waals surface area contributed by atoms with Gasteiger partial charge in [0, 0.05) is 11.1 Å². The summed E-state index contributed by atoms with van der Waals surface area (Å²) in [6.45, 7) is 0. The predicted octanol–water partition coefficient (Wildman–Crippen LogP) is 5.74. The highest BCUT2D eigenvalue weighted by Gasteiger charge is 2.19. The molecule has 0 spiro atoms. The Morgan fingerprint density at radius 1 is 1.00 bits per heavy atom. The van der Waals surface area contributed by atoms with Crippen molar-refractivity contribution >= 4 is 57.7 Å². The Balaban J connectivity index is 2.44. The van der Waals surface area contributed by atoms with Crippen molar-refractivity contribution in [3.63, 3.8) is 0 Å². The third-order valence-electron chi connectivity index (χ3n) is 3.54. The number of rotatable bonds is 3. The molecule has 6 heteroatoms. The van der Waals surface area contributed by atoms with E-state index in [0.29, 0.717) is 23.2 Å². The minimum Gasteiger partial charge on any atom is -0.507 e. The fourth-order valence-electron chi connectivity index (χ4n) is 2.54. The molecule has 0 unspecified atom stereocenters. The molecule has 0 aromatic heterocycles. The first-order valence-electron chi connectivity index (χ1n) is 6.63. The predicted molar refractivity (Wildman–Crippen MR) is 95.8 cm³/mol. The lowest BCUT2D eigenvalue weighted by molar-refractivity contribution is -0.105. The first kappa shape index (κ1) is 15.9. The summed E-state index contributed by atoms with van der Waals surface area (Å²) in [6.07, 6.45) is 0.497. The summed E-state index contributed by atoms with van der Waals surface area (Å²) in [5, 5.41) is 15.1. The molecule has 0 saturated carbocycles. The third kappa shape index (κ3) is 2.72. The van der Waals surface area contributed by atoms with Crippen LogP contribution in [-0.4, -0.2) is 11.5 Å². The maximum atomic E-state index is 10.9. The van der Waals surface area contributed by atoms with E-state index in [9.17, 15) is 9.90 Å². The average molecular weight is 367 g/mol. The second kappa shape index (κ2) is 6.28. The van der Waals surface area contributed by atoms with E-state index in [4.69, 9.17) is 34.8 Å².